The highest BCUT2D eigenvalue weighted by Crippen LogP contribution is 2.46. The first-order valence-corrected chi connectivity index (χ1v) is 13.9. The molecular formula is C32H34N4O4. The average Bonchev–Trinajstić information content (AvgIpc) is 3.65. The van der Waals surface area contributed by atoms with Gasteiger partial charge in [0.15, 0.2) is 0 Å². The number of aliphatic carboxylic acids is 1. The number of aliphatic hydroxyl groups is 2. The predicted molar refractivity (Wildman–Crippen MR) is 156 cm³/mol. The molecule has 8 heteroatoms. The van der Waals surface area contributed by atoms with Gasteiger partial charge < -0.3 is 20.6 Å². The molecule has 0 saturated carbocycles. The standard InChI is InChI=1S/C32H34N4O4/c1-6-18-14(2)23-11-27-21(13-37)16(4)22(34-27)10-24-15(3)19(7-8-29(39)40)31(35-24)20-9-28(38)30-17(5)25(36-32(20)30)12-26(18)33-23/h10-12,15,19,35,37-38H,6-9,13H2,1-5H3,(H,39,40). The van der Waals surface area contributed by atoms with Gasteiger partial charge >= 0.3 is 5.97 Å². The smallest absolute Gasteiger partial charge is 0.303 e. The minimum absolute atomic E-state index is 0.000146. The third-order valence-corrected chi connectivity index (χ3v) is 9.01. The molecule has 8 nitrogen and oxygen atoms in total. The number of carboxylic acid groups (broad SMARTS) is 1. The molecule has 8 bridgehead atoms. The van der Waals surface area contributed by atoms with Crippen molar-refractivity contribution in [2.24, 2.45) is 26.8 Å². The van der Waals surface area contributed by atoms with Crippen molar-refractivity contribution in [3.8, 4) is 0 Å². The Morgan fingerprint density at radius 3 is 2.35 bits per heavy atom. The zero-order valence-electron chi connectivity index (χ0n) is 23.5. The second-order valence-electron chi connectivity index (χ2n) is 11.2. The van der Waals surface area contributed by atoms with E-state index in [1.165, 1.54) is 0 Å². The summed E-state index contributed by atoms with van der Waals surface area (Å²) in [7, 11) is 0. The van der Waals surface area contributed by atoms with Crippen molar-refractivity contribution in [3.05, 3.63) is 91.5 Å². The van der Waals surface area contributed by atoms with Gasteiger partial charge in [0.05, 0.1) is 40.8 Å². The van der Waals surface area contributed by atoms with E-state index in [1.807, 2.05) is 32.1 Å². The van der Waals surface area contributed by atoms with Gasteiger partial charge in [-0.05, 0) is 74.1 Å². The van der Waals surface area contributed by atoms with Crippen LogP contribution in [0.3, 0.4) is 0 Å². The molecule has 206 valence electrons. The lowest BCUT2D eigenvalue weighted by Crippen LogP contribution is -2.15. The van der Waals surface area contributed by atoms with Crippen LogP contribution in [0.4, 0.5) is 0 Å². The molecule has 5 heterocycles. The van der Waals surface area contributed by atoms with Crippen LogP contribution in [0, 0.1) is 11.8 Å². The molecule has 1 saturated heterocycles. The van der Waals surface area contributed by atoms with Crippen LogP contribution in [0.15, 0.2) is 106 Å². The Kier molecular flexibility index (Phi) is 6.26. The third-order valence-electron chi connectivity index (χ3n) is 9.01. The van der Waals surface area contributed by atoms with Crippen LogP contribution >= 0.6 is 0 Å². The Balaban J connectivity index is 1.61. The minimum Gasteiger partial charge on any atom is -0.511 e. The number of nitrogens with one attached hydrogen (secondary N) is 1. The molecule has 1 fully saturated rings. The minimum atomic E-state index is -0.835. The number of carboxylic acids is 1. The Labute approximate surface area is 233 Å². The summed E-state index contributed by atoms with van der Waals surface area (Å²) in [5.41, 5.74) is 13.0. The summed E-state index contributed by atoms with van der Waals surface area (Å²) in [5.74, 6) is -0.629. The van der Waals surface area contributed by atoms with Gasteiger partial charge in [-0.15, -0.1) is 0 Å². The molecule has 0 aromatic rings. The van der Waals surface area contributed by atoms with Gasteiger partial charge in [-0.1, -0.05) is 13.8 Å². The molecule has 2 unspecified atom stereocenters. The van der Waals surface area contributed by atoms with Crippen LogP contribution in [-0.4, -0.2) is 45.0 Å². The predicted octanol–water partition coefficient (Wildman–Crippen LogP) is 5.52. The van der Waals surface area contributed by atoms with Crippen LogP contribution < -0.4 is 5.32 Å². The molecule has 6 aliphatic rings. The number of rotatable bonds is 5. The number of nitrogens with zero attached hydrogens (tertiary/aromatic N) is 3. The van der Waals surface area contributed by atoms with E-state index in [0.29, 0.717) is 18.5 Å². The second-order valence-corrected chi connectivity index (χ2v) is 11.2. The van der Waals surface area contributed by atoms with Crippen molar-refractivity contribution in [2.75, 3.05) is 6.61 Å². The van der Waals surface area contributed by atoms with Crippen molar-refractivity contribution in [2.45, 2.75) is 60.3 Å². The number of allylic oxidation sites excluding steroid dienone is 11. The molecule has 40 heavy (non-hydrogen) atoms. The fourth-order valence-electron chi connectivity index (χ4n) is 6.64. The summed E-state index contributed by atoms with van der Waals surface area (Å²) in [6, 6.07) is 0. The van der Waals surface area contributed by atoms with E-state index in [2.05, 4.69) is 26.1 Å². The first kappa shape index (κ1) is 26.2. The summed E-state index contributed by atoms with van der Waals surface area (Å²) in [6.45, 7) is 10.1. The number of hydrogen-bond acceptors (Lipinski definition) is 7. The topological polar surface area (TPSA) is 127 Å². The van der Waals surface area contributed by atoms with Gasteiger partial charge in [0, 0.05) is 52.8 Å². The molecule has 6 rings (SSSR count). The van der Waals surface area contributed by atoms with E-state index < -0.39 is 5.97 Å². The fraction of sp³-hybridized carbons (Fsp3) is 0.375. The van der Waals surface area contributed by atoms with Crippen molar-refractivity contribution < 1.29 is 20.1 Å². The van der Waals surface area contributed by atoms with Gasteiger partial charge in [-0.3, -0.25) is 4.79 Å². The fourth-order valence-corrected chi connectivity index (χ4v) is 6.64. The van der Waals surface area contributed by atoms with Crippen LogP contribution in [0.5, 0.6) is 0 Å². The van der Waals surface area contributed by atoms with Crippen LogP contribution in [0.2, 0.25) is 0 Å². The Morgan fingerprint density at radius 2 is 1.68 bits per heavy atom. The third kappa shape index (κ3) is 3.92. The maximum Gasteiger partial charge on any atom is 0.303 e. The Bertz CT molecular complexity index is 1630. The van der Waals surface area contributed by atoms with E-state index >= 15 is 0 Å². The van der Waals surface area contributed by atoms with Gasteiger partial charge in [0.1, 0.15) is 5.76 Å². The molecule has 5 aliphatic heterocycles. The SMILES string of the molecule is CCC1=C(C)C2=NC1=CC1=C(C)C3=C(O)CC(=C4NC(=CC5=NC(=C2)C(CO)=C5C)C(C)C4CCC(=O)O)C3=N1. The van der Waals surface area contributed by atoms with E-state index in [9.17, 15) is 20.1 Å². The van der Waals surface area contributed by atoms with Gasteiger partial charge in [0.2, 0.25) is 0 Å². The molecule has 0 amide bonds. The first-order valence-electron chi connectivity index (χ1n) is 13.9. The monoisotopic (exact) mass is 538 g/mol. The van der Waals surface area contributed by atoms with Crippen molar-refractivity contribution in [1.29, 1.82) is 0 Å². The highest BCUT2D eigenvalue weighted by molar-refractivity contribution is 6.21. The normalized spacial score (nSPS) is 25.4. The summed E-state index contributed by atoms with van der Waals surface area (Å²) >= 11 is 0. The lowest BCUT2D eigenvalue weighted by Gasteiger charge is -2.17. The van der Waals surface area contributed by atoms with E-state index in [0.717, 1.165) is 85.4 Å². The van der Waals surface area contributed by atoms with Crippen LogP contribution in [0.25, 0.3) is 0 Å². The summed E-state index contributed by atoms with van der Waals surface area (Å²) in [6.07, 6.45) is 7.62. The molecule has 1 aliphatic carbocycles. The second kappa shape index (κ2) is 9.55. The van der Waals surface area contributed by atoms with E-state index in [-0.39, 0.29) is 30.6 Å². The van der Waals surface area contributed by atoms with Gasteiger partial charge in [0.25, 0.3) is 0 Å². The van der Waals surface area contributed by atoms with Crippen molar-refractivity contribution in [1.82, 2.24) is 5.32 Å². The summed E-state index contributed by atoms with van der Waals surface area (Å²) < 4.78 is 0. The number of carbonyl (C=O) groups is 1. The average molecular weight is 539 g/mol. The van der Waals surface area contributed by atoms with Crippen molar-refractivity contribution >= 4 is 23.1 Å². The van der Waals surface area contributed by atoms with E-state index in [1.54, 1.807) is 0 Å². The summed E-state index contributed by atoms with van der Waals surface area (Å²) in [5, 5.41) is 34.5. The molecule has 0 radical (unpaired) electrons. The first-order chi connectivity index (χ1) is 19.1. The number of fused-ring (bicyclic) bond motifs is 5. The molecule has 4 N–H and O–H groups in total. The Morgan fingerprint density at radius 1 is 1.00 bits per heavy atom. The van der Waals surface area contributed by atoms with Crippen LogP contribution in [0.1, 0.15) is 60.3 Å². The zero-order chi connectivity index (χ0) is 28.5. The molecule has 0 aromatic heterocycles. The molecular weight excluding hydrogens is 504 g/mol. The lowest BCUT2D eigenvalue weighted by molar-refractivity contribution is -0.137. The maximum absolute atomic E-state index is 11.6. The molecule has 0 spiro atoms. The maximum atomic E-state index is 11.6. The van der Waals surface area contributed by atoms with Gasteiger partial charge in [-0.2, -0.15) is 0 Å². The number of hydrogen-bond donors (Lipinski definition) is 4. The Hall–Kier alpha value is -4.04. The lowest BCUT2D eigenvalue weighted by atomic mass is 9.86. The largest absolute Gasteiger partial charge is 0.511 e. The summed E-state index contributed by atoms with van der Waals surface area (Å²) in [4.78, 5) is 26.5. The van der Waals surface area contributed by atoms with Gasteiger partial charge in [-0.25, -0.2) is 15.0 Å². The van der Waals surface area contributed by atoms with Crippen LogP contribution in [-0.2, 0) is 4.79 Å². The van der Waals surface area contributed by atoms with Crippen molar-refractivity contribution in [3.63, 3.8) is 0 Å². The van der Waals surface area contributed by atoms with E-state index in [4.69, 9.17) is 15.0 Å². The number of aliphatic hydroxyl groups excluding tert-OH is 2. The number of aliphatic imine (C=N–C) groups is 3. The highest BCUT2D eigenvalue weighted by Gasteiger charge is 2.41. The highest BCUT2D eigenvalue weighted by atomic mass is 16.4. The quantitative estimate of drug-likeness (QED) is 0.367. The molecule has 2 atom stereocenters. The molecule has 0 aromatic carbocycles. The zero-order valence-corrected chi connectivity index (χ0v) is 23.5.